The molecule has 1 aliphatic heterocycles. The zero-order chi connectivity index (χ0) is 15.0. The Bertz CT molecular complexity index is 689. The second kappa shape index (κ2) is 5.33. The summed E-state index contributed by atoms with van der Waals surface area (Å²) in [5.41, 5.74) is 1.40. The average Bonchev–Trinajstić information content (AvgIpc) is 3.05. The van der Waals surface area contributed by atoms with Gasteiger partial charge in [-0.05, 0) is 13.3 Å². The summed E-state index contributed by atoms with van der Waals surface area (Å²) >= 11 is 0. The molecular weight excluding hydrogens is 274 g/mol. The number of rotatable bonds is 4. The van der Waals surface area contributed by atoms with E-state index in [4.69, 9.17) is 9.47 Å². The number of hydrogen-bond acceptors (Lipinski definition) is 5. The summed E-state index contributed by atoms with van der Waals surface area (Å²) in [4.78, 5) is 15.6. The third-order valence-electron chi connectivity index (χ3n) is 3.70. The van der Waals surface area contributed by atoms with E-state index in [1.807, 2.05) is 6.92 Å². The summed E-state index contributed by atoms with van der Waals surface area (Å²) in [6.45, 7) is 3.65. The van der Waals surface area contributed by atoms with Crippen molar-refractivity contribution in [1.82, 2.24) is 14.8 Å². The molecule has 1 atom stereocenters. The van der Waals surface area contributed by atoms with Gasteiger partial charge in [0.15, 0.2) is 5.65 Å². The van der Waals surface area contributed by atoms with Gasteiger partial charge in [-0.1, -0.05) is 0 Å². The lowest BCUT2D eigenvalue weighted by Gasteiger charge is -2.13. The number of fused-ring (bicyclic) bond motifs is 1. The summed E-state index contributed by atoms with van der Waals surface area (Å²) in [5, 5.41) is 14.3. The lowest BCUT2D eigenvalue weighted by molar-refractivity contribution is 0.0691. The molecule has 1 aliphatic rings. The van der Waals surface area contributed by atoms with Crippen molar-refractivity contribution >= 4 is 17.0 Å². The Labute approximate surface area is 121 Å². The maximum atomic E-state index is 11.4. The van der Waals surface area contributed by atoms with Crippen LogP contribution in [-0.2, 0) is 11.8 Å². The smallest absolute Gasteiger partial charge is 0.341 e. The average molecular weight is 291 g/mol. The Kier molecular flexibility index (Phi) is 3.50. The van der Waals surface area contributed by atoms with Crippen molar-refractivity contribution < 1.29 is 19.4 Å². The summed E-state index contributed by atoms with van der Waals surface area (Å²) < 4.78 is 12.8. The molecule has 3 rings (SSSR count). The van der Waals surface area contributed by atoms with Crippen LogP contribution in [0.25, 0.3) is 11.0 Å². The maximum absolute atomic E-state index is 11.4. The molecule has 21 heavy (non-hydrogen) atoms. The number of aromatic nitrogens is 3. The van der Waals surface area contributed by atoms with Crippen molar-refractivity contribution in [1.29, 1.82) is 0 Å². The van der Waals surface area contributed by atoms with E-state index in [1.165, 1.54) is 6.20 Å². The van der Waals surface area contributed by atoms with Crippen molar-refractivity contribution in [3.8, 4) is 5.75 Å². The summed E-state index contributed by atoms with van der Waals surface area (Å²) in [5.74, 6) is -0.401. The van der Waals surface area contributed by atoms with Crippen LogP contribution in [0.15, 0.2) is 6.20 Å². The Morgan fingerprint density at radius 3 is 3.10 bits per heavy atom. The van der Waals surface area contributed by atoms with Gasteiger partial charge in [0.05, 0.1) is 24.3 Å². The standard InChI is InChI=1S/C14H17N3O4/c1-8-11-12(21-7-9-3-4-20-6-9)10(14(18)19)5-15-13(11)17(2)16-8/h5,9H,3-4,6-7H2,1-2H3,(H,18,19). The Hall–Kier alpha value is -2.15. The molecule has 0 aliphatic carbocycles. The highest BCUT2D eigenvalue weighted by molar-refractivity contribution is 5.98. The number of aryl methyl sites for hydroxylation is 2. The predicted molar refractivity (Wildman–Crippen MR) is 74.6 cm³/mol. The molecule has 0 aromatic carbocycles. The molecule has 1 N–H and O–H groups in total. The van der Waals surface area contributed by atoms with Gasteiger partial charge in [0.2, 0.25) is 0 Å². The minimum absolute atomic E-state index is 0.0671. The highest BCUT2D eigenvalue weighted by atomic mass is 16.5. The van der Waals surface area contributed by atoms with E-state index in [9.17, 15) is 9.90 Å². The van der Waals surface area contributed by atoms with Crippen molar-refractivity contribution in [3.05, 3.63) is 17.5 Å². The lowest BCUT2D eigenvalue weighted by Crippen LogP contribution is -2.14. The van der Waals surface area contributed by atoms with Crippen LogP contribution in [0.3, 0.4) is 0 Å². The van der Waals surface area contributed by atoms with E-state index in [0.29, 0.717) is 41.6 Å². The third kappa shape index (κ3) is 2.44. The number of aromatic carboxylic acids is 1. The van der Waals surface area contributed by atoms with E-state index in [2.05, 4.69) is 10.1 Å². The molecule has 112 valence electrons. The van der Waals surface area contributed by atoms with Crippen LogP contribution in [0.1, 0.15) is 22.5 Å². The molecule has 3 heterocycles. The predicted octanol–water partition coefficient (Wildman–Crippen LogP) is 1.39. The molecular formula is C14H17N3O4. The summed E-state index contributed by atoms with van der Waals surface area (Å²) in [6.07, 6.45) is 2.26. The second-order valence-electron chi connectivity index (χ2n) is 5.25. The zero-order valence-electron chi connectivity index (χ0n) is 12.0. The van der Waals surface area contributed by atoms with Gasteiger partial charge in [-0.3, -0.25) is 4.68 Å². The van der Waals surface area contributed by atoms with E-state index < -0.39 is 5.97 Å². The van der Waals surface area contributed by atoms with Gasteiger partial charge in [0, 0.05) is 25.8 Å². The SMILES string of the molecule is Cc1nn(C)c2ncc(C(=O)O)c(OCC3CCOC3)c12. The van der Waals surface area contributed by atoms with Crippen LogP contribution in [0.4, 0.5) is 0 Å². The van der Waals surface area contributed by atoms with Crippen LogP contribution in [0.2, 0.25) is 0 Å². The monoisotopic (exact) mass is 291 g/mol. The fourth-order valence-electron chi connectivity index (χ4n) is 2.60. The fraction of sp³-hybridized carbons (Fsp3) is 0.500. The Morgan fingerprint density at radius 2 is 2.43 bits per heavy atom. The van der Waals surface area contributed by atoms with Gasteiger partial charge in [0.25, 0.3) is 0 Å². The molecule has 0 bridgehead atoms. The summed E-state index contributed by atoms with van der Waals surface area (Å²) in [7, 11) is 1.78. The number of hydrogen-bond donors (Lipinski definition) is 1. The molecule has 1 saturated heterocycles. The van der Waals surface area contributed by atoms with E-state index >= 15 is 0 Å². The molecule has 0 radical (unpaired) electrons. The number of ether oxygens (including phenoxy) is 2. The van der Waals surface area contributed by atoms with E-state index in [0.717, 1.165) is 13.0 Å². The molecule has 0 saturated carbocycles. The first-order valence-electron chi connectivity index (χ1n) is 6.84. The summed E-state index contributed by atoms with van der Waals surface area (Å²) in [6, 6.07) is 0. The van der Waals surface area contributed by atoms with Gasteiger partial charge >= 0.3 is 5.97 Å². The first kappa shape index (κ1) is 13.8. The van der Waals surface area contributed by atoms with E-state index in [1.54, 1.807) is 11.7 Å². The number of pyridine rings is 1. The van der Waals surface area contributed by atoms with Crippen molar-refractivity contribution in [2.24, 2.45) is 13.0 Å². The molecule has 2 aromatic rings. The number of carboxylic acid groups (broad SMARTS) is 1. The maximum Gasteiger partial charge on any atom is 0.341 e. The normalized spacial score (nSPS) is 18.3. The van der Waals surface area contributed by atoms with Gasteiger partial charge < -0.3 is 14.6 Å². The number of carboxylic acids is 1. The number of carbonyl (C=O) groups is 1. The van der Waals surface area contributed by atoms with Gasteiger partial charge in [0.1, 0.15) is 11.3 Å². The topological polar surface area (TPSA) is 86.5 Å². The Morgan fingerprint density at radius 1 is 1.62 bits per heavy atom. The Balaban J connectivity index is 2.03. The molecule has 7 nitrogen and oxygen atoms in total. The minimum atomic E-state index is -1.05. The first-order chi connectivity index (χ1) is 10.1. The zero-order valence-corrected chi connectivity index (χ0v) is 12.0. The second-order valence-corrected chi connectivity index (χ2v) is 5.25. The first-order valence-corrected chi connectivity index (χ1v) is 6.84. The van der Waals surface area contributed by atoms with Crippen LogP contribution in [0.5, 0.6) is 5.75 Å². The van der Waals surface area contributed by atoms with Crippen LogP contribution in [-0.4, -0.2) is 45.7 Å². The van der Waals surface area contributed by atoms with E-state index in [-0.39, 0.29) is 5.56 Å². The van der Waals surface area contributed by atoms with Crippen LogP contribution < -0.4 is 4.74 Å². The molecule has 1 unspecified atom stereocenters. The largest absolute Gasteiger partial charge is 0.491 e. The number of nitrogens with zero attached hydrogens (tertiary/aromatic N) is 3. The van der Waals surface area contributed by atoms with Gasteiger partial charge in [-0.25, -0.2) is 9.78 Å². The van der Waals surface area contributed by atoms with Crippen LogP contribution >= 0.6 is 0 Å². The van der Waals surface area contributed by atoms with Crippen molar-refractivity contribution in [3.63, 3.8) is 0 Å². The van der Waals surface area contributed by atoms with Crippen molar-refractivity contribution in [2.45, 2.75) is 13.3 Å². The molecule has 1 fully saturated rings. The highest BCUT2D eigenvalue weighted by Crippen LogP contribution is 2.31. The minimum Gasteiger partial charge on any atom is -0.491 e. The molecule has 0 amide bonds. The fourth-order valence-corrected chi connectivity index (χ4v) is 2.60. The molecule has 7 heteroatoms. The van der Waals surface area contributed by atoms with Gasteiger partial charge in [-0.2, -0.15) is 5.10 Å². The van der Waals surface area contributed by atoms with Crippen molar-refractivity contribution in [2.75, 3.05) is 19.8 Å². The van der Waals surface area contributed by atoms with Gasteiger partial charge in [-0.15, -0.1) is 0 Å². The lowest BCUT2D eigenvalue weighted by atomic mass is 10.1. The van der Waals surface area contributed by atoms with Crippen LogP contribution in [0, 0.1) is 12.8 Å². The highest BCUT2D eigenvalue weighted by Gasteiger charge is 2.23. The molecule has 2 aromatic heterocycles. The molecule has 0 spiro atoms. The third-order valence-corrected chi connectivity index (χ3v) is 3.70. The quantitative estimate of drug-likeness (QED) is 0.916.